The maximum atomic E-state index is 15.1. The predicted octanol–water partition coefficient (Wildman–Crippen LogP) is 3.95. The van der Waals surface area contributed by atoms with E-state index in [-0.39, 0.29) is 5.75 Å². The molecule has 3 heterocycles. The fourth-order valence-electron chi connectivity index (χ4n) is 4.51. The summed E-state index contributed by atoms with van der Waals surface area (Å²) in [6, 6.07) is 8.95. The molecule has 0 spiro atoms. The number of aryl methyl sites for hydroxylation is 1. The second-order valence-electron chi connectivity index (χ2n) is 9.07. The molecule has 0 unspecified atom stereocenters. The zero-order chi connectivity index (χ0) is 24.4. The molecular formula is C26H32FN5O3. The van der Waals surface area contributed by atoms with Crippen LogP contribution in [0.4, 0.5) is 10.1 Å². The van der Waals surface area contributed by atoms with Crippen molar-refractivity contribution in [2.24, 2.45) is 0 Å². The maximum Gasteiger partial charge on any atom is 0.175 e. The molecular weight excluding hydrogens is 449 g/mol. The number of nitrogens with one attached hydrogen (secondary N) is 3. The Kier molecular flexibility index (Phi) is 6.70. The minimum atomic E-state index is -0.403. The number of aromatic amines is 1. The van der Waals surface area contributed by atoms with Crippen molar-refractivity contribution in [3.8, 4) is 17.2 Å². The van der Waals surface area contributed by atoms with E-state index in [1.807, 2.05) is 25.1 Å². The van der Waals surface area contributed by atoms with Crippen LogP contribution in [0.5, 0.6) is 17.2 Å². The Labute approximate surface area is 204 Å². The molecule has 3 aromatic rings. The first kappa shape index (κ1) is 23.3. The molecule has 0 radical (unpaired) electrons. The van der Waals surface area contributed by atoms with E-state index in [1.165, 1.54) is 0 Å². The third kappa shape index (κ3) is 5.01. The molecule has 0 saturated carbocycles. The standard InChI is InChI=1S/C26H32FN5O3/c1-17-13-19-20(29-17)5-6-22(26(19)27)35-25-16-28-30-21-15-24(23(33-3)14-18(21)25)34-12-4-7-32-10-8-31(2)9-11-32/h5-6,13-16,28-30H,4,7-12H2,1-3H3. The number of ether oxygens (including phenoxy) is 3. The van der Waals surface area contributed by atoms with Crippen LogP contribution in [0, 0.1) is 12.7 Å². The number of benzene rings is 2. The number of nitrogens with zero attached hydrogens (tertiary/aromatic N) is 2. The van der Waals surface area contributed by atoms with Gasteiger partial charge < -0.3 is 39.8 Å². The zero-order valence-electron chi connectivity index (χ0n) is 20.4. The summed E-state index contributed by atoms with van der Waals surface area (Å²) < 4.78 is 32.8. The van der Waals surface area contributed by atoms with Crippen molar-refractivity contribution in [2.45, 2.75) is 13.3 Å². The average molecular weight is 482 g/mol. The van der Waals surface area contributed by atoms with E-state index >= 15 is 4.39 Å². The normalized spacial score (nSPS) is 16.3. The third-order valence-corrected chi connectivity index (χ3v) is 6.51. The fraction of sp³-hybridized carbons (Fsp3) is 0.385. The Morgan fingerprint density at radius 2 is 1.86 bits per heavy atom. The smallest absolute Gasteiger partial charge is 0.175 e. The van der Waals surface area contributed by atoms with Crippen molar-refractivity contribution >= 4 is 22.3 Å². The largest absolute Gasteiger partial charge is 0.493 e. The SMILES string of the molecule is COc1cc2c(cc1OCCCN1CCN(C)CC1)NNC=C2Oc1ccc2[nH]c(C)cc2c1F. The molecule has 2 aliphatic heterocycles. The van der Waals surface area contributed by atoms with Gasteiger partial charge in [0.25, 0.3) is 0 Å². The summed E-state index contributed by atoms with van der Waals surface area (Å²) in [6.07, 6.45) is 2.59. The van der Waals surface area contributed by atoms with E-state index in [0.29, 0.717) is 29.3 Å². The molecule has 2 aliphatic rings. The second-order valence-corrected chi connectivity index (χ2v) is 9.07. The molecule has 1 saturated heterocycles. The lowest BCUT2D eigenvalue weighted by molar-refractivity contribution is 0.145. The minimum Gasteiger partial charge on any atom is -0.493 e. The second kappa shape index (κ2) is 10.1. The van der Waals surface area contributed by atoms with Gasteiger partial charge >= 0.3 is 0 Å². The number of methoxy groups -OCH3 is 1. The molecule has 35 heavy (non-hydrogen) atoms. The lowest BCUT2D eigenvalue weighted by Gasteiger charge is -2.32. The van der Waals surface area contributed by atoms with E-state index in [1.54, 1.807) is 25.4 Å². The number of likely N-dealkylation sites (N-methyl/N-ethyl adjacent to an activating group) is 1. The molecule has 2 aromatic carbocycles. The molecule has 3 N–H and O–H groups in total. The van der Waals surface area contributed by atoms with Gasteiger partial charge in [-0.3, -0.25) is 0 Å². The quantitative estimate of drug-likeness (QED) is 0.421. The number of halogens is 1. The molecule has 8 nitrogen and oxygen atoms in total. The number of hydrogen-bond acceptors (Lipinski definition) is 7. The van der Waals surface area contributed by atoms with E-state index in [9.17, 15) is 0 Å². The Morgan fingerprint density at radius 1 is 1.03 bits per heavy atom. The Hall–Kier alpha value is -3.43. The first-order chi connectivity index (χ1) is 17.0. The van der Waals surface area contributed by atoms with Crippen molar-refractivity contribution in [1.29, 1.82) is 0 Å². The van der Waals surface area contributed by atoms with Crippen LogP contribution in [-0.4, -0.2) is 68.3 Å². The van der Waals surface area contributed by atoms with Crippen LogP contribution in [0.25, 0.3) is 16.7 Å². The van der Waals surface area contributed by atoms with E-state index in [4.69, 9.17) is 14.2 Å². The molecule has 1 fully saturated rings. The van der Waals surface area contributed by atoms with Crippen LogP contribution in [0.15, 0.2) is 36.5 Å². The summed E-state index contributed by atoms with van der Waals surface area (Å²) in [5.41, 5.74) is 9.22. The number of hydrogen-bond donors (Lipinski definition) is 3. The molecule has 0 amide bonds. The highest BCUT2D eigenvalue weighted by atomic mass is 19.1. The highest BCUT2D eigenvalue weighted by molar-refractivity contribution is 5.84. The number of hydrazine groups is 1. The maximum absolute atomic E-state index is 15.1. The topological polar surface area (TPSA) is 74.0 Å². The highest BCUT2D eigenvalue weighted by Gasteiger charge is 2.21. The number of fused-ring (bicyclic) bond motifs is 2. The molecule has 9 heteroatoms. The van der Waals surface area contributed by atoms with Gasteiger partial charge in [0.15, 0.2) is 28.8 Å². The van der Waals surface area contributed by atoms with Crippen LogP contribution < -0.4 is 25.1 Å². The Bertz CT molecular complexity index is 1230. The van der Waals surface area contributed by atoms with Gasteiger partial charge in [-0.2, -0.15) is 0 Å². The van der Waals surface area contributed by atoms with Crippen molar-refractivity contribution in [1.82, 2.24) is 20.2 Å². The molecule has 0 bridgehead atoms. The van der Waals surface area contributed by atoms with E-state index in [0.717, 1.165) is 61.6 Å². The highest BCUT2D eigenvalue weighted by Crippen LogP contribution is 2.39. The van der Waals surface area contributed by atoms with Gasteiger partial charge in [0.2, 0.25) is 0 Å². The van der Waals surface area contributed by atoms with Crippen molar-refractivity contribution in [3.63, 3.8) is 0 Å². The van der Waals surface area contributed by atoms with Gasteiger partial charge in [-0.1, -0.05) is 0 Å². The van der Waals surface area contributed by atoms with Crippen LogP contribution in [0.3, 0.4) is 0 Å². The van der Waals surface area contributed by atoms with Gasteiger partial charge in [0.1, 0.15) is 0 Å². The summed E-state index contributed by atoms with van der Waals surface area (Å²) in [5.74, 6) is 1.47. The van der Waals surface area contributed by atoms with Gasteiger partial charge in [0.05, 0.1) is 25.6 Å². The van der Waals surface area contributed by atoms with Crippen LogP contribution in [0.2, 0.25) is 0 Å². The molecule has 186 valence electrons. The monoisotopic (exact) mass is 481 g/mol. The Balaban J connectivity index is 1.28. The first-order valence-corrected chi connectivity index (χ1v) is 12.0. The van der Waals surface area contributed by atoms with Gasteiger partial charge in [-0.25, -0.2) is 4.39 Å². The summed E-state index contributed by atoms with van der Waals surface area (Å²) >= 11 is 0. The molecule has 5 rings (SSSR count). The van der Waals surface area contributed by atoms with Crippen molar-refractivity contribution in [2.75, 3.05) is 58.9 Å². The molecule has 0 aliphatic carbocycles. The van der Waals surface area contributed by atoms with Crippen LogP contribution in [0.1, 0.15) is 17.7 Å². The summed E-state index contributed by atoms with van der Waals surface area (Å²) in [7, 11) is 3.77. The molecule has 0 atom stereocenters. The zero-order valence-corrected chi connectivity index (χ0v) is 20.4. The number of rotatable bonds is 8. The van der Waals surface area contributed by atoms with Crippen molar-refractivity contribution in [3.05, 3.63) is 53.6 Å². The fourth-order valence-corrected chi connectivity index (χ4v) is 4.51. The summed E-state index contributed by atoms with van der Waals surface area (Å²) in [6.45, 7) is 7.92. The van der Waals surface area contributed by atoms with Gasteiger partial charge in [-0.05, 0) is 44.7 Å². The Morgan fingerprint density at radius 3 is 2.66 bits per heavy atom. The average Bonchev–Trinajstić information content (AvgIpc) is 3.25. The number of piperazine rings is 1. The minimum absolute atomic E-state index is 0.153. The summed E-state index contributed by atoms with van der Waals surface area (Å²) in [5, 5.41) is 0.501. The van der Waals surface area contributed by atoms with Gasteiger partial charge in [-0.15, -0.1) is 0 Å². The summed E-state index contributed by atoms with van der Waals surface area (Å²) in [4.78, 5) is 7.97. The van der Waals surface area contributed by atoms with Crippen LogP contribution >= 0.6 is 0 Å². The number of aromatic nitrogens is 1. The number of H-pyrrole nitrogens is 1. The van der Waals surface area contributed by atoms with E-state index < -0.39 is 5.82 Å². The predicted molar refractivity (Wildman–Crippen MR) is 135 cm³/mol. The van der Waals surface area contributed by atoms with E-state index in [2.05, 4.69) is 32.7 Å². The lowest BCUT2D eigenvalue weighted by Crippen LogP contribution is -2.44. The lowest BCUT2D eigenvalue weighted by atomic mass is 10.1. The number of anilines is 1. The first-order valence-electron chi connectivity index (χ1n) is 12.0. The third-order valence-electron chi connectivity index (χ3n) is 6.51. The molecule has 1 aromatic heterocycles. The van der Waals surface area contributed by atoms with Crippen LogP contribution in [-0.2, 0) is 0 Å². The van der Waals surface area contributed by atoms with Gasteiger partial charge in [0, 0.05) is 61.0 Å². The van der Waals surface area contributed by atoms with Crippen molar-refractivity contribution < 1.29 is 18.6 Å².